The molecule has 2 N–H and O–H groups in total. The summed E-state index contributed by atoms with van der Waals surface area (Å²) in [7, 11) is 0. The summed E-state index contributed by atoms with van der Waals surface area (Å²) < 4.78 is 0.977. The minimum Gasteiger partial charge on any atom is -0.481 e. The van der Waals surface area contributed by atoms with Crippen molar-refractivity contribution >= 4 is 39.1 Å². The van der Waals surface area contributed by atoms with E-state index in [2.05, 4.69) is 21.2 Å². The number of carbonyl (C=O) groups is 2. The van der Waals surface area contributed by atoms with E-state index in [1.54, 1.807) is 6.92 Å². The average Bonchev–Trinajstić information content (AvgIpc) is 2.69. The number of carboxylic acid groups (broad SMARTS) is 1. The Balaban J connectivity index is 2.37. The summed E-state index contributed by atoms with van der Waals surface area (Å²) in [6.07, 6.45) is 2.22. The van der Waals surface area contributed by atoms with Crippen LogP contribution >= 0.6 is 27.3 Å². The molecule has 0 aromatic carbocycles. The third-order valence-electron chi connectivity index (χ3n) is 3.15. The van der Waals surface area contributed by atoms with Crippen LogP contribution in [0.4, 0.5) is 0 Å². The highest BCUT2D eigenvalue weighted by Crippen LogP contribution is 2.27. The SMILES string of the molecule is Cc1cc(C(=O)NC(C)CCCC(C)C(=O)O)sc1Br. The molecule has 112 valence electrons. The maximum Gasteiger partial charge on any atom is 0.306 e. The van der Waals surface area contributed by atoms with E-state index >= 15 is 0 Å². The number of amides is 1. The van der Waals surface area contributed by atoms with Gasteiger partial charge in [-0.05, 0) is 54.2 Å². The summed E-state index contributed by atoms with van der Waals surface area (Å²) in [5.74, 6) is -1.16. The number of hydrogen-bond donors (Lipinski definition) is 2. The van der Waals surface area contributed by atoms with Crippen molar-refractivity contribution in [2.75, 3.05) is 0 Å². The number of carboxylic acids is 1. The quantitative estimate of drug-likeness (QED) is 0.775. The number of thiophene rings is 1. The molecule has 1 aromatic heterocycles. The largest absolute Gasteiger partial charge is 0.481 e. The van der Waals surface area contributed by atoms with Crippen molar-refractivity contribution in [3.8, 4) is 0 Å². The van der Waals surface area contributed by atoms with E-state index in [-0.39, 0.29) is 17.9 Å². The van der Waals surface area contributed by atoms with Gasteiger partial charge in [-0.3, -0.25) is 9.59 Å². The minimum absolute atomic E-state index is 0.0460. The Morgan fingerprint density at radius 2 is 2.05 bits per heavy atom. The first kappa shape index (κ1) is 17.2. The monoisotopic (exact) mass is 361 g/mol. The third kappa shape index (κ3) is 5.25. The Morgan fingerprint density at radius 1 is 1.40 bits per heavy atom. The Kier molecular flexibility index (Phi) is 6.68. The van der Waals surface area contributed by atoms with Crippen molar-refractivity contribution < 1.29 is 14.7 Å². The number of hydrogen-bond acceptors (Lipinski definition) is 3. The van der Waals surface area contributed by atoms with E-state index in [9.17, 15) is 9.59 Å². The molecule has 0 fully saturated rings. The topological polar surface area (TPSA) is 66.4 Å². The van der Waals surface area contributed by atoms with Gasteiger partial charge in [0.05, 0.1) is 14.6 Å². The van der Waals surface area contributed by atoms with Gasteiger partial charge in [-0.15, -0.1) is 11.3 Å². The summed E-state index contributed by atoms with van der Waals surface area (Å²) in [5, 5.41) is 11.7. The highest BCUT2D eigenvalue weighted by Gasteiger charge is 2.15. The molecule has 6 heteroatoms. The molecule has 0 saturated heterocycles. The van der Waals surface area contributed by atoms with Crippen molar-refractivity contribution in [2.45, 2.75) is 46.1 Å². The molecule has 0 aliphatic rings. The van der Waals surface area contributed by atoms with E-state index in [1.807, 2.05) is 19.9 Å². The summed E-state index contributed by atoms with van der Waals surface area (Å²) >= 11 is 4.83. The lowest BCUT2D eigenvalue weighted by Gasteiger charge is -2.14. The molecule has 1 amide bonds. The normalized spacial score (nSPS) is 13.8. The highest BCUT2D eigenvalue weighted by molar-refractivity contribution is 9.11. The zero-order chi connectivity index (χ0) is 15.3. The maximum absolute atomic E-state index is 12.0. The van der Waals surface area contributed by atoms with Gasteiger partial charge in [0.25, 0.3) is 5.91 Å². The van der Waals surface area contributed by atoms with E-state index in [0.717, 1.165) is 22.2 Å². The van der Waals surface area contributed by atoms with Crippen LogP contribution in [0, 0.1) is 12.8 Å². The zero-order valence-electron chi connectivity index (χ0n) is 11.9. The lowest BCUT2D eigenvalue weighted by atomic mass is 10.0. The van der Waals surface area contributed by atoms with Gasteiger partial charge in [0.2, 0.25) is 0 Å². The fraction of sp³-hybridized carbons (Fsp3) is 0.571. The molecule has 0 saturated carbocycles. The first-order valence-corrected chi connectivity index (χ1v) is 8.21. The smallest absolute Gasteiger partial charge is 0.306 e. The van der Waals surface area contributed by atoms with Gasteiger partial charge in [-0.25, -0.2) is 0 Å². The van der Waals surface area contributed by atoms with Gasteiger partial charge < -0.3 is 10.4 Å². The van der Waals surface area contributed by atoms with Crippen molar-refractivity contribution in [2.24, 2.45) is 5.92 Å². The fourth-order valence-electron chi connectivity index (χ4n) is 1.79. The van der Waals surface area contributed by atoms with Gasteiger partial charge >= 0.3 is 5.97 Å². The van der Waals surface area contributed by atoms with Gasteiger partial charge in [-0.1, -0.05) is 13.3 Å². The summed E-state index contributed by atoms with van der Waals surface area (Å²) in [5.41, 5.74) is 1.06. The Bertz CT molecular complexity index is 467. The molecule has 20 heavy (non-hydrogen) atoms. The first-order valence-electron chi connectivity index (χ1n) is 6.60. The van der Waals surface area contributed by atoms with Crippen LogP contribution in [0.25, 0.3) is 0 Å². The molecule has 2 atom stereocenters. The molecule has 1 rings (SSSR count). The van der Waals surface area contributed by atoms with Gasteiger partial charge in [-0.2, -0.15) is 0 Å². The lowest BCUT2D eigenvalue weighted by Crippen LogP contribution is -2.32. The van der Waals surface area contributed by atoms with Crippen LogP contribution < -0.4 is 5.32 Å². The second-order valence-corrected chi connectivity index (χ2v) is 7.48. The molecule has 0 bridgehead atoms. The van der Waals surface area contributed by atoms with E-state index < -0.39 is 5.97 Å². The van der Waals surface area contributed by atoms with Gasteiger partial charge in [0.1, 0.15) is 0 Å². The summed E-state index contributed by atoms with van der Waals surface area (Å²) in [6, 6.07) is 1.91. The first-order chi connectivity index (χ1) is 9.31. The number of aliphatic carboxylic acids is 1. The summed E-state index contributed by atoms with van der Waals surface area (Å²) in [6.45, 7) is 5.60. The molecular weight excluding hydrogens is 342 g/mol. The Hall–Kier alpha value is -0.880. The lowest BCUT2D eigenvalue weighted by molar-refractivity contribution is -0.141. The van der Waals surface area contributed by atoms with Crippen LogP contribution in [-0.4, -0.2) is 23.0 Å². The number of halogens is 1. The third-order valence-corrected chi connectivity index (χ3v) is 5.29. The van der Waals surface area contributed by atoms with Crippen LogP contribution in [0.1, 0.15) is 48.3 Å². The van der Waals surface area contributed by atoms with E-state index in [0.29, 0.717) is 11.3 Å². The standard InChI is InChI=1S/C14H20BrNO3S/c1-8(14(18)19)5-4-6-10(3)16-13(17)11-7-9(2)12(15)20-11/h7-8,10H,4-6H2,1-3H3,(H,16,17)(H,18,19). The molecule has 2 unspecified atom stereocenters. The second kappa shape index (κ2) is 7.78. The predicted molar refractivity (Wildman–Crippen MR) is 84.3 cm³/mol. The van der Waals surface area contributed by atoms with Crippen LogP contribution in [-0.2, 0) is 4.79 Å². The Labute approximate surface area is 131 Å². The zero-order valence-corrected chi connectivity index (χ0v) is 14.3. The number of rotatable bonds is 7. The van der Waals surface area contributed by atoms with Crippen molar-refractivity contribution in [1.29, 1.82) is 0 Å². The van der Waals surface area contributed by atoms with E-state index in [1.165, 1.54) is 11.3 Å². The predicted octanol–water partition coefficient (Wildman–Crippen LogP) is 3.83. The van der Waals surface area contributed by atoms with Crippen molar-refractivity contribution in [1.82, 2.24) is 5.32 Å². The van der Waals surface area contributed by atoms with Crippen molar-refractivity contribution in [3.63, 3.8) is 0 Å². The van der Waals surface area contributed by atoms with Crippen molar-refractivity contribution in [3.05, 3.63) is 20.3 Å². The molecule has 0 radical (unpaired) electrons. The number of carbonyl (C=O) groups excluding carboxylic acids is 1. The van der Waals surface area contributed by atoms with Gasteiger partial charge in [0.15, 0.2) is 0 Å². The average molecular weight is 362 g/mol. The van der Waals surface area contributed by atoms with Crippen LogP contribution in [0.3, 0.4) is 0 Å². The molecule has 0 spiro atoms. The van der Waals surface area contributed by atoms with Crippen LogP contribution in [0.15, 0.2) is 9.85 Å². The minimum atomic E-state index is -0.763. The highest BCUT2D eigenvalue weighted by atomic mass is 79.9. The van der Waals surface area contributed by atoms with Crippen LogP contribution in [0.5, 0.6) is 0 Å². The fourth-order valence-corrected chi connectivity index (χ4v) is 3.23. The van der Waals surface area contributed by atoms with Crippen LogP contribution in [0.2, 0.25) is 0 Å². The summed E-state index contributed by atoms with van der Waals surface area (Å²) in [4.78, 5) is 23.4. The second-order valence-electron chi connectivity index (χ2n) is 5.11. The molecule has 1 aromatic rings. The Morgan fingerprint density at radius 3 is 2.55 bits per heavy atom. The van der Waals surface area contributed by atoms with E-state index in [4.69, 9.17) is 5.11 Å². The molecule has 4 nitrogen and oxygen atoms in total. The number of aryl methyl sites for hydroxylation is 1. The van der Waals surface area contributed by atoms with Gasteiger partial charge in [0, 0.05) is 6.04 Å². The molecular formula is C14H20BrNO3S. The number of nitrogens with one attached hydrogen (secondary N) is 1. The molecule has 0 aliphatic heterocycles. The maximum atomic E-state index is 12.0. The molecule has 0 aliphatic carbocycles. The molecule has 1 heterocycles.